The first kappa shape index (κ1) is 34.7. The van der Waals surface area contributed by atoms with Crippen molar-refractivity contribution in [3.8, 4) is 33.9 Å². The number of hydrogen-bond acceptors (Lipinski definition) is 5. The number of aromatic nitrogens is 3. The van der Waals surface area contributed by atoms with Crippen molar-refractivity contribution in [1.29, 1.82) is 0 Å². The zero-order valence-electron chi connectivity index (χ0n) is 33.4. The van der Waals surface area contributed by atoms with Gasteiger partial charge < -0.3 is 8.83 Å². The van der Waals surface area contributed by atoms with Gasteiger partial charge in [-0.1, -0.05) is 158 Å². The molecule has 290 valence electrons. The highest BCUT2D eigenvalue weighted by atomic mass is 16.3. The van der Waals surface area contributed by atoms with Gasteiger partial charge in [-0.15, -0.1) is 0 Å². The summed E-state index contributed by atoms with van der Waals surface area (Å²) in [4.78, 5) is 15.4. The summed E-state index contributed by atoms with van der Waals surface area (Å²) in [7, 11) is 0. The van der Waals surface area contributed by atoms with E-state index in [-0.39, 0.29) is 5.92 Å². The fourth-order valence-corrected chi connectivity index (χ4v) is 9.63. The van der Waals surface area contributed by atoms with E-state index in [1.165, 1.54) is 38.1 Å². The Kier molecular flexibility index (Phi) is 7.66. The van der Waals surface area contributed by atoms with Gasteiger partial charge in [0.2, 0.25) is 0 Å². The molecule has 0 radical (unpaired) electrons. The topological polar surface area (TPSA) is 65.0 Å². The Morgan fingerprint density at radius 3 is 1.85 bits per heavy atom. The Bertz CT molecular complexity index is 3870. The van der Waals surface area contributed by atoms with E-state index < -0.39 is 0 Å². The van der Waals surface area contributed by atoms with Crippen molar-refractivity contribution in [3.05, 3.63) is 206 Å². The molecule has 1 aliphatic carbocycles. The SMILES string of the molecule is C1=CC(c2ccc(-c3cc4ccccc4c4ccccc34)c3oc4ccccc4c23)CC=C1c1nc(-c2ccc3ccccc3c2)nc(-c2ccc3c(c2)oc2ccccc23)n1. The van der Waals surface area contributed by atoms with Gasteiger partial charge in [0.15, 0.2) is 17.5 Å². The van der Waals surface area contributed by atoms with Crippen LogP contribution < -0.4 is 0 Å². The predicted molar refractivity (Wildman–Crippen MR) is 254 cm³/mol. The van der Waals surface area contributed by atoms with Crippen LogP contribution in [0.4, 0.5) is 0 Å². The highest BCUT2D eigenvalue weighted by Crippen LogP contribution is 2.45. The van der Waals surface area contributed by atoms with Crippen molar-refractivity contribution in [2.75, 3.05) is 0 Å². The molecule has 1 aliphatic rings. The van der Waals surface area contributed by atoms with Crippen LogP contribution in [0.2, 0.25) is 0 Å². The van der Waals surface area contributed by atoms with E-state index in [2.05, 4.69) is 170 Å². The molecule has 0 fully saturated rings. The highest BCUT2D eigenvalue weighted by Gasteiger charge is 2.24. The number of fused-ring (bicyclic) bond motifs is 10. The molecule has 13 rings (SSSR count). The van der Waals surface area contributed by atoms with Crippen molar-refractivity contribution in [2.45, 2.75) is 12.3 Å². The lowest BCUT2D eigenvalue weighted by Crippen LogP contribution is -2.05. The second kappa shape index (κ2) is 13.7. The van der Waals surface area contributed by atoms with Crippen LogP contribution >= 0.6 is 0 Å². The van der Waals surface area contributed by atoms with Crippen LogP contribution in [0.1, 0.15) is 23.7 Å². The number of benzene rings is 9. The standard InChI is InChI=1S/C57H35N3O2/c1-2-12-37-31-39(26-21-34(37)11-1)56-58-55(59-57(60-56)40-27-28-46-45-17-7-9-19-50(45)61-52(46)33-40)36-24-22-35(23-25-36)42-29-30-47(54-53(42)48-18-8-10-20-51(48)62-54)49-32-38-13-3-4-14-41(38)43-15-5-6-16-44(43)49/h1-22,24-33,35H,23H2. The number of hydrogen-bond donors (Lipinski definition) is 0. The molecule has 62 heavy (non-hydrogen) atoms. The van der Waals surface area contributed by atoms with Gasteiger partial charge in [0.05, 0.1) is 0 Å². The molecular formula is C57H35N3O2. The quantitative estimate of drug-likeness (QED) is 0.162. The maximum absolute atomic E-state index is 6.83. The lowest BCUT2D eigenvalue weighted by Gasteiger charge is -2.19. The molecule has 5 heteroatoms. The molecule has 9 aromatic carbocycles. The lowest BCUT2D eigenvalue weighted by molar-refractivity contribution is 0.669. The lowest BCUT2D eigenvalue weighted by atomic mass is 9.85. The molecule has 0 saturated carbocycles. The Labute approximate surface area is 355 Å². The van der Waals surface area contributed by atoms with Gasteiger partial charge in [0.1, 0.15) is 22.3 Å². The molecular weight excluding hydrogens is 759 g/mol. The zero-order chi connectivity index (χ0) is 40.7. The van der Waals surface area contributed by atoms with Gasteiger partial charge >= 0.3 is 0 Å². The number of rotatable bonds is 5. The van der Waals surface area contributed by atoms with Crippen LogP contribution in [0.3, 0.4) is 0 Å². The molecule has 5 nitrogen and oxygen atoms in total. The van der Waals surface area contributed by atoms with Crippen molar-refractivity contribution in [2.24, 2.45) is 0 Å². The van der Waals surface area contributed by atoms with E-state index in [0.29, 0.717) is 17.5 Å². The van der Waals surface area contributed by atoms with Crippen molar-refractivity contribution < 1.29 is 8.83 Å². The van der Waals surface area contributed by atoms with Crippen LogP contribution in [0.5, 0.6) is 0 Å². The molecule has 0 aliphatic heterocycles. The molecule has 0 bridgehead atoms. The van der Waals surface area contributed by atoms with Gasteiger partial charge in [0.25, 0.3) is 0 Å². The van der Waals surface area contributed by atoms with E-state index in [0.717, 1.165) is 77.9 Å². The number of nitrogens with zero attached hydrogens (tertiary/aromatic N) is 3. The minimum absolute atomic E-state index is 0.112. The third-order valence-corrected chi connectivity index (χ3v) is 12.7. The van der Waals surface area contributed by atoms with E-state index in [4.69, 9.17) is 23.8 Å². The smallest absolute Gasteiger partial charge is 0.164 e. The van der Waals surface area contributed by atoms with Gasteiger partial charge in [-0.25, -0.2) is 15.0 Å². The van der Waals surface area contributed by atoms with Gasteiger partial charge in [-0.3, -0.25) is 0 Å². The van der Waals surface area contributed by atoms with Crippen LogP contribution in [0.25, 0.3) is 116 Å². The van der Waals surface area contributed by atoms with Crippen molar-refractivity contribution in [3.63, 3.8) is 0 Å². The fraction of sp³-hybridized carbons (Fsp3) is 0.0351. The summed E-state index contributed by atoms with van der Waals surface area (Å²) >= 11 is 0. The van der Waals surface area contributed by atoms with E-state index in [1.54, 1.807) is 0 Å². The van der Waals surface area contributed by atoms with Gasteiger partial charge in [0, 0.05) is 49.7 Å². The Hall–Kier alpha value is -8.15. The Morgan fingerprint density at radius 1 is 0.419 bits per heavy atom. The molecule has 0 saturated heterocycles. The van der Waals surface area contributed by atoms with Crippen LogP contribution in [0.15, 0.2) is 203 Å². The number of allylic oxidation sites excluding steroid dienone is 4. The summed E-state index contributed by atoms with van der Waals surface area (Å²) in [5.74, 6) is 1.97. The maximum atomic E-state index is 6.83. The zero-order valence-corrected chi connectivity index (χ0v) is 33.4. The molecule has 0 spiro atoms. The summed E-state index contributed by atoms with van der Waals surface area (Å²) in [5.41, 5.74) is 9.73. The Morgan fingerprint density at radius 2 is 1.05 bits per heavy atom. The molecule has 3 heterocycles. The van der Waals surface area contributed by atoms with E-state index in [9.17, 15) is 0 Å². The molecule has 1 unspecified atom stereocenters. The van der Waals surface area contributed by atoms with Crippen LogP contribution in [-0.4, -0.2) is 15.0 Å². The summed E-state index contributed by atoms with van der Waals surface area (Å²) in [5, 5.41) is 11.6. The first-order valence-electron chi connectivity index (χ1n) is 21.1. The molecule has 1 atom stereocenters. The minimum atomic E-state index is 0.112. The summed E-state index contributed by atoms with van der Waals surface area (Å²) in [6.45, 7) is 0. The fourth-order valence-electron chi connectivity index (χ4n) is 9.63. The number of para-hydroxylation sites is 2. The molecule has 12 aromatic rings. The first-order valence-corrected chi connectivity index (χ1v) is 21.1. The van der Waals surface area contributed by atoms with Crippen LogP contribution in [-0.2, 0) is 0 Å². The van der Waals surface area contributed by atoms with E-state index in [1.807, 2.05) is 24.3 Å². The predicted octanol–water partition coefficient (Wildman–Crippen LogP) is 15.3. The molecule has 3 aromatic heterocycles. The summed E-state index contributed by atoms with van der Waals surface area (Å²) < 4.78 is 13.1. The Balaban J connectivity index is 0.922. The summed E-state index contributed by atoms with van der Waals surface area (Å²) in [6.07, 6.45) is 7.53. The first-order chi connectivity index (χ1) is 30.7. The highest BCUT2D eigenvalue weighted by molar-refractivity contribution is 6.18. The second-order valence-corrected chi connectivity index (χ2v) is 16.2. The van der Waals surface area contributed by atoms with Gasteiger partial charge in [-0.05, 0) is 86.3 Å². The summed E-state index contributed by atoms with van der Waals surface area (Å²) in [6, 6.07) is 61.8. The molecule has 0 amide bonds. The average molecular weight is 794 g/mol. The monoisotopic (exact) mass is 793 g/mol. The van der Waals surface area contributed by atoms with Crippen molar-refractivity contribution >= 4 is 81.8 Å². The second-order valence-electron chi connectivity index (χ2n) is 16.2. The third kappa shape index (κ3) is 5.52. The normalized spacial score (nSPS) is 14.3. The molecule has 0 N–H and O–H groups in total. The minimum Gasteiger partial charge on any atom is -0.456 e. The van der Waals surface area contributed by atoms with E-state index >= 15 is 0 Å². The largest absolute Gasteiger partial charge is 0.456 e. The van der Waals surface area contributed by atoms with Crippen LogP contribution in [0, 0.1) is 0 Å². The van der Waals surface area contributed by atoms with Gasteiger partial charge in [-0.2, -0.15) is 0 Å². The average Bonchev–Trinajstić information content (AvgIpc) is 3.92. The maximum Gasteiger partial charge on any atom is 0.164 e. The van der Waals surface area contributed by atoms with Crippen molar-refractivity contribution in [1.82, 2.24) is 15.0 Å². The third-order valence-electron chi connectivity index (χ3n) is 12.7. The number of furan rings is 2.